The van der Waals surface area contributed by atoms with Crippen molar-refractivity contribution in [3.05, 3.63) is 34.4 Å². The molecular formula is C36H60O3. The summed E-state index contributed by atoms with van der Waals surface area (Å²) < 4.78 is 5.34. The Balaban J connectivity index is 2.18. The lowest BCUT2D eigenvalue weighted by molar-refractivity contribution is -0.142. The second-order valence-corrected chi connectivity index (χ2v) is 12.4. The Kier molecular flexibility index (Phi) is 19.0. The molecule has 0 saturated heterocycles. The molecule has 0 amide bonds. The van der Waals surface area contributed by atoms with Crippen LogP contribution in [0.2, 0.25) is 0 Å². The third kappa shape index (κ3) is 16.8. The van der Waals surface area contributed by atoms with Crippen molar-refractivity contribution in [1.82, 2.24) is 0 Å². The summed E-state index contributed by atoms with van der Waals surface area (Å²) in [5.74, 6) is 5.88. The molecule has 222 valence electrons. The van der Waals surface area contributed by atoms with Gasteiger partial charge in [-0.05, 0) is 75.5 Å². The highest BCUT2D eigenvalue weighted by Gasteiger charge is 2.27. The van der Waals surface area contributed by atoms with Gasteiger partial charge >= 0.3 is 5.97 Å². The summed E-state index contributed by atoms with van der Waals surface area (Å²) in [6.45, 7) is 13.2. The smallest absolute Gasteiger partial charge is 0.306 e. The summed E-state index contributed by atoms with van der Waals surface area (Å²) in [6.07, 6.45) is 25.0. The number of carbonyl (C=O) groups excluding carboxylic acids is 1. The monoisotopic (exact) mass is 540 g/mol. The van der Waals surface area contributed by atoms with Gasteiger partial charge in [-0.1, -0.05) is 127 Å². The maximum atomic E-state index is 12.0. The Labute approximate surface area is 242 Å². The van der Waals surface area contributed by atoms with Gasteiger partial charge in [0.2, 0.25) is 0 Å². The molecule has 1 rings (SSSR count). The zero-order chi connectivity index (χ0) is 28.9. The highest BCUT2D eigenvalue weighted by atomic mass is 16.5. The van der Waals surface area contributed by atoms with Crippen LogP contribution in [0.25, 0.3) is 0 Å². The molecule has 0 saturated carbocycles. The van der Waals surface area contributed by atoms with Crippen molar-refractivity contribution in [2.75, 3.05) is 6.61 Å². The molecule has 3 nitrogen and oxygen atoms in total. The lowest BCUT2D eigenvalue weighted by atomic mass is 9.71. The lowest BCUT2D eigenvalue weighted by Crippen LogP contribution is -2.20. The summed E-state index contributed by atoms with van der Waals surface area (Å²) in [4.78, 5) is 12.0. The van der Waals surface area contributed by atoms with Crippen LogP contribution in [0.15, 0.2) is 34.4 Å². The number of aliphatic hydroxyl groups excluding tert-OH is 1. The second-order valence-electron chi connectivity index (χ2n) is 12.4. The number of aliphatic hydroxyl groups is 1. The van der Waals surface area contributed by atoms with Gasteiger partial charge < -0.3 is 9.84 Å². The van der Waals surface area contributed by atoms with E-state index in [0.29, 0.717) is 6.42 Å². The number of allylic oxidation sites excluding steroid dienone is 4. The molecule has 0 fully saturated rings. The molecule has 1 N–H and O–H groups in total. The van der Waals surface area contributed by atoms with Crippen LogP contribution < -0.4 is 0 Å². The van der Waals surface area contributed by atoms with E-state index in [0.717, 1.165) is 30.4 Å². The predicted octanol–water partition coefficient (Wildman–Crippen LogP) is 10.2. The quantitative estimate of drug-likeness (QED) is 0.0767. The fourth-order valence-electron chi connectivity index (χ4n) is 5.46. The summed E-state index contributed by atoms with van der Waals surface area (Å²) in [7, 11) is 0. The summed E-state index contributed by atoms with van der Waals surface area (Å²) in [5.41, 5.74) is 5.01. The fraction of sp³-hybridized carbons (Fsp3) is 0.750. The van der Waals surface area contributed by atoms with Gasteiger partial charge in [-0.2, -0.15) is 0 Å². The molecule has 0 aliphatic heterocycles. The molecule has 1 unspecified atom stereocenters. The van der Waals surface area contributed by atoms with Crippen molar-refractivity contribution in [2.45, 2.75) is 163 Å². The summed E-state index contributed by atoms with van der Waals surface area (Å²) in [5, 5.41) is 10.4. The first-order chi connectivity index (χ1) is 18.7. The van der Waals surface area contributed by atoms with Crippen LogP contribution in [0, 0.1) is 17.3 Å². The number of carbonyl (C=O) groups is 1. The molecule has 0 radical (unpaired) electrons. The van der Waals surface area contributed by atoms with E-state index in [1.807, 2.05) is 13.8 Å². The minimum absolute atomic E-state index is 0.156. The largest absolute Gasteiger partial charge is 0.461 e. The molecule has 0 aromatic rings. The van der Waals surface area contributed by atoms with Crippen LogP contribution in [-0.2, 0) is 9.53 Å². The molecule has 0 aromatic heterocycles. The van der Waals surface area contributed by atoms with E-state index in [9.17, 15) is 9.90 Å². The van der Waals surface area contributed by atoms with E-state index in [1.54, 1.807) is 6.08 Å². The first-order valence-electron chi connectivity index (χ1n) is 16.0. The predicted molar refractivity (Wildman–Crippen MR) is 168 cm³/mol. The number of unbranched alkanes of at least 4 members (excludes halogenated alkanes) is 12. The molecule has 0 aromatic carbocycles. The minimum atomic E-state index is -0.847. The Hall–Kier alpha value is -1.79. The van der Waals surface area contributed by atoms with Crippen molar-refractivity contribution in [3.8, 4) is 11.8 Å². The maximum absolute atomic E-state index is 12.0. The number of rotatable bonds is 19. The van der Waals surface area contributed by atoms with Gasteiger partial charge in [-0.3, -0.25) is 4.79 Å². The molecule has 1 aliphatic carbocycles. The third-order valence-corrected chi connectivity index (χ3v) is 8.27. The molecular weight excluding hydrogens is 480 g/mol. The van der Waals surface area contributed by atoms with Gasteiger partial charge in [0.15, 0.2) is 0 Å². The van der Waals surface area contributed by atoms with Gasteiger partial charge in [-0.15, -0.1) is 0 Å². The fourth-order valence-corrected chi connectivity index (χ4v) is 5.46. The topological polar surface area (TPSA) is 46.5 Å². The van der Waals surface area contributed by atoms with Gasteiger partial charge in [0.1, 0.15) is 12.7 Å². The first-order valence-corrected chi connectivity index (χ1v) is 16.0. The lowest BCUT2D eigenvalue weighted by Gasteiger charge is -2.34. The van der Waals surface area contributed by atoms with Crippen molar-refractivity contribution in [2.24, 2.45) is 5.41 Å². The van der Waals surface area contributed by atoms with Crippen molar-refractivity contribution in [3.63, 3.8) is 0 Å². The van der Waals surface area contributed by atoms with Crippen LogP contribution in [-0.4, -0.2) is 23.8 Å². The second kappa shape index (κ2) is 21.0. The minimum Gasteiger partial charge on any atom is -0.461 e. The van der Waals surface area contributed by atoms with E-state index in [4.69, 9.17) is 4.74 Å². The zero-order valence-corrected chi connectivity index (χ0v) is 26.4. The van der Waals surface area contributed by atoms with Gasteiger partial charge in [-0.25, -0.2) is 0 Å². The van der Waals surface area contributed by atoms with Crippen LogP contribution >= 0.6 is 0 Å². The van der Waals surface area contributed by atoms with Crippen LogP contribution in [0.3, 0.4) is 0 Å². The van der Waals surface area contributed by atoms with E-state index in [1.165, 1.54) is 101 Å². The Bertz CT molecular complexity index is 846. The SMILES string of the molecule is CCCCCCCCCCCCCCCC(=O)OCC=C(C)C(O)C#CC(C)=CCC1=C(C)CCCC1(C)C. The van der Waals surface area contributed by atoms with E-state index < -0.39 is 6.10 Å². The summed E-state index contributed by atoms with van der Waals surface area (Å²) >= 11 is 0. The molecule has 0 spiro atoms. The van der Waals surface area contributed by atoms with E-state index in [-0.39, 0.29) is 18.0 Å². The molecule has 0 heterocycles. The Morgan fingerprint density at radius 3 is 2.08 bits per heavy atom. The molecule has 0 bridgehead atoms. The normalized spacial score (nSPS) is 16.6. The van der Waals surface area contributed by atoms with Crippen molar-refractivity contribution in [1.29, 1.82) is 0 Å². The molecule has 3 heteroatoms. The molecule has 39 heavy (non-hydrogen) atoms. The van der Waals surface area contributed by atoms with Crippen molar-refractivity contribution >= 4 is 5.97 Å². The highest BCUT2D eigenvalue weighted by Crippen LogP contribution is 2.42. The maximum Gasteiger partial charge on any atom is 0.306 e. The number of hydrogen-bond donors (Lipinski definition) is 1. The van der Waals surface area contributed by atoms with E-state index >= 15 is 0 Å². The summed E-state index contributed by atoms with van der Waals surface area (Å²) in [6, 6.07) is 0. The first kappa shape index (κ1) is 35.2. The van der Waals surface area contributed by atoms with Gasteiger partial charge in [0.05, 0.1) is 0 Å². The number of esters is 1. The number of hydrogen-bond acceptors (Lipinski definition) is 3. The Morgan fingerprint density at radius 1 is 0.949 bits per heavy atom. The average Bonchev–Trinajstić information content (AvgIpc) is 2.89. The van der Waals surface area contributed by atoms with Crippen LogP contribution in [0.1, 0.15) is 157 Å². The van der Waals surface area contributed by atoms with Crippen LogP contribution in [0.5, 0.6) is 0 Å². The standard InChI is InChI=1S/C36H60O3/c1-7-8-9-10-11-12-13-14-15-16-17-18-19-22-35(38)39-29-27-32(4)34(37)26-24-30(2)23-25-33-31(3)21-20-28-36(33,5)6/h23,27,34,37H,7-22,25,28-29H2,1-6H3. The number of ether oxygens (including phenoxy) is 1. The van der Waals surface area contributed by atoms with Crippen LogP contribution in [0.4, 0.5) is 0 Å². The van der Waals surface area contributed by atoms with Gasteiger partial charge in [0.25, 0.3) is 0 Å². The Morgan fingerprint density at radius 2 is 1.51 bits per heavy atom. The molecule has 1 aliphatic rings. The third-order valence-electron chi connectivity index (χ3n) is 8.27. The molecule has 1 atom stereocenters. The average molecular weight is 541 g/mol. The zero-order valence-electron chi connectivity index (χ0n) is 26.4. The highest BCUT2D eigenvalue weighted by molar-refractivity contribution is 5.69. The van der Waals surface area contributed by atoms with E-state index in [2.05, 4.69) is 45.6 Å². The van der Waals surface area contributed by atoms with Crippen molar-refractivity contribution < 1.29 is 14.6 Å². The van der Waals surface area contributed by atoms with Gasteiger partial charge in [0, 0.05) is 6.42 Å².